The van der Waals surface area contributed by atoms with Crippen LogP contribution in [0.1, 0.15) is 21.5 Å². The smallest absolute Gasteiger partial charge is 0.257 e. The molecule has 0 aliphatic heterocycles. The van der Waals surface area contributed by atoms with E-state index in [2.05, 4.69) is 10.3 Å². The molecule has 0 atom stereocenters. The quantitative estimate of drug-likeness (QED) is 0.772. The summed E-state index contributed by atoms with van der Waals surface area (Å²) in [5.74, 6) is 1.17. The highest BCUT2D eigenvalue weighted by atomic mass is 32.1. The van der Waals surface area contributed by atoms with Gasteiger partial charge >= 0.3 is 0 Å². The molecule has 5 nitrogen and oxygen atoms in total. The van der Waals surface area contributed by atoms with Gasteiger partial charge in [0, 0.05) is 5.56 Å². The monoisotopic (exact) mass is 342 g/mol. The topological polar surface area (TPSA) is 60.5 Å². The third kappa shape index (κ3) is 2.92. The van der Waals surface area contributed by atoms with Gasteiger partial charge in [-0.25, -0.2) is 4.98 Å². The number of carbonyl (C=O) groups excluding carboxylic acids is 1. The molecule has 1 amide bonds. The summed E-state index contributed by atoms with van der Waals surface area (Å²) >= 11 is 1.36. The summed E-state index contributed by atoms with van der Waals surface area (Å²) < 4.78 is 11.5. The zero-order chi connectivity index (χ0) is 17.3. The Morgan fingerprint density at radius 1 is 1.08 bits per heavy atom. The third-order valence-electron chi connectivity index (χ3n) is 3.76. The highest BCUT2D eigenvalue weighted by Crippen LogP contribution is 2.38. The molecule has 0 spiro atoms. The fraction of sp³-hybridized carbons (Fsp3) is 0.222. The van der Waals surface area contributed by atoms with Gasteiger partial charge in [-0.1, -0.05) is 29.0 Å². The van der Waals surface area contributed by atoms with E-state index < -0.39 is 0 Å². The molecule has 0 saturated heterocycles. The second-order valence-corrected chi connectivity index (χ2v) is 6.44. The van der Waals surface area contributed by atoms with Crippen LogP contribution in [0, 0.1) is 13.8 Å². The van der Waals surface area contributed by atoms with Crippen molar-refractivity contribution in [1.82, 2.24) is 4.98 Å². The van der Waals surface area contributed by atoms with Gasteiger partial charge < -0.3 is 9.47 Å². The zero-order valence-corrected chi connectivity index (χ0v) is 14.8. The molecular weight excluding hydrogens is 324 g/mol. The molecule has 1 heterocycles. The number of hydrogen-bond acceptors (Lipinski definition) is 5. The van der Waals surface area contributed by atoms with Crippen LogP contribution in [0.15, 0.2) is 30.3 Å². The Morgan fingerprint density at radius 3 is 2.46 bits per heavy atom. The lowest BCUT2D eigenvalue weighted by Gasteiger charge is -2.06. The maximum Gasteiger partial charge on any atom is 0.257 e. The van der Waals surface area contributed by atoms with Crippen LogP contribution in [0.25, 0.3) is 10.2 Å². The molecule has 124 valence electrons. The standard InChI is InChI=1S/C18H18N2O3S/c1-10-5-6-12(11(2)9-10)17(21)20-18-19-15-13(22-3)7-8-14(23-4)16(15)24-18/h5-9H,1-4H3,(H,19,20,21). The lowest BCUT2D eigenvalue weighted by atomic mass is 10.1. The van der Waals surface area contributed by atoms with Crippen molar-refractivity contribution in [3.63, 3.8) is 0 Å². The number of nitrogens with zero attached hydrogens (tertiary/aromatic N) is 1. The van der Waals surface area contributed by atoms with Gasteiger partial charge in [0.2, 0.25) is 0 Å². The minimum atomic E-state index is -0.176. The number of rotatable bonds is 4. The maximum absolute atomic E-state index is 12.5. The van der Waals surface area contributed by atoms with Crippen molar-refractivity contribution < 1.29 is 14.3 Å². The van der Waals surface area contributed by atoms with Crippen molar-refractivity contribution in [3.8, 4) is 11.5 Å². The number of benzene rings is 2. The van der Waals surface area contributed by atoms with E-state index in [1.165, 1.54) is 11.3 Å². The van der Waals surface area contributed by atoms with Crippen LogP contribution in [0.3, 0.4) is 0 Å². The Labute approximate surface area is 144 Å². The van der Waals surface area contributed by atoms with Crippen LogP contribution in [0.4, 0.5) is 5.13 Å². The van der Waals surface area contributed by atoms with Gasteiger partial charge in [-0.2, -0.15) is 0 Å². The first-order valence-corrected chi connectivity index (χ1v) is 8.25. The van der Waals surface area contributed by atoms with Gasteiger partial charge in [0.05, 0.1) is 14.2 Å². The molecule has 0 bridgehead atoms. The second-order valence-electron chi connectivity index (χ2n) is 5.44. The lowest BCUT2D eigenvalue weighted by molar-refractivity contribution is 0.102. The van der Waals surface area contributed by atoms with E-state index in [-0.39, 0.29) is 5.91 Å². The van der Waals surface area contributed by atoms with Crippen molar-refractivity contribution in [2.75, 3.05) is 19.5 Å². The van der Waals surface area contributed by atoms with E-state index in [1.54, 1.807) is 20.3 Å². The number of nitrogens with one attached hydrogen (secondary N) is 1. The summed E-state index contributed by atoms with van der Waals surface area (Å²) in [5.41, 5.74) is 3.37. The highest BCUT2D eigenvalue weighted by Gasteiger charge is 2.16. The number of anilines is 1. The number of carbonyl (C=O) groups is 1. The third-order valence-corrected chi connectivity index (χ3v) is 4.74. The highest BCUT2D eigenvalue weighted by molar-refractivity contribution is 7.22. The predicted molar refractivity (Wildman–Crippen MR) is 96.6 cm³/mol. The number of thiazole rings is 1. The van der Waals surface area contributed by atoms with E-state index in [0.29, 0.717) is 27.7 Å². The Kier molecular flexibility index (Phi) is 4.40. The molecule has 0 radical (unpaired) electrons. The molecule has 0 aliphatic rings. The Bertz CT molecular complexity index is 877. The van der Waals surface area contributed by atoms with Gasteiger partial charge in [0.1, 0.15) is 21.7 Å². The molecule has 24 heavy (non-hydrogen) atoms. The summed E-state index contributed by atoms with van der Waals surface area (Å²) in [7, 11) is 3.20. The minimum Gasteiger partial charge on any atom is -0.495 e. The van der Waals surface area contributed by atoms with Crippen molar-refractivity contribution >= 4 is 32.6 Å². The van der Waals surface area contributed by atoms with Gasteiger partial charge in [0.15, 0.2) is 5.13 Å². The van der Waals surface area contributed by atoms with Gasteiger partial charge in [0.25, 0.3) is 5.91 Å². The average Bonchev–Trinajstić information content (AvgIpc) is 2.97. The molecule has 2 aromatic carbocycles. The number of amides is 1. The van der Waals surface area contributed by atoms with E-state index in [0.717, 1.165) is 15.8 Å². The second kappa shape index (κ2) is 6.49. The van der Waals surface area contributed by atoms with Crippen LogP contribution in [0.5, 0.6) is 11.5 Å². The molecule has 0 unspecified atom stereocenters. The van der Waals surface area contributed by atoms with Crippen LogP contribution in [-0.4, -0.2) is 25.1 Å². The number of hydrogen-bond donors (Lipinski definition) is 1. The fourth-order valence-electron chi connectivity index (χ4n) is 2.57. The number of ether oxygens (including phenoxy) is 2. The Balaban J connectivity index is 1.96. The summed E-state index contributed by atoms with van der Waals surface area (Å²) in [4.78, 5) is 17.0. The summed E-state index contributed by atoms with van der Waals surface area (Å²) in [5, 5.41) is 3.38. The van der Waals surface area contributed by atoms with Crippen molar-refractivity contribution in [2.24, 2.45) is 0 Å². The summed E-state index contributed by atoms with van der Waals surface area (Å²) in [6, 6.07) is 9.37. The fourth-order valence-corrected chi connectivity index (χ4v) is 3.54. The number of aryl methyl sites for hydroxylation is 2. The lowest BCUT2D eigenvalue weighted by Crippen LogP contribution is -2.13. The van der Waals surface area contributed by atoms with E-state index in [9.17, 15) is 4.79 Å². The van der Waals surface area contributed by atoms with E-state index in [4.69, 9.17) is 9.47 Å². The first-order chi connectivity index (χ1) is 11.5. The largest absolute Gasteiger partial charge is 0.495 e. The van der Waals surface area contributed by atoms with Crippen LogP contribution < -0.4 is 14.8 Å². The molecule has 3 rings (SSSR count). The molecule has 3 aromatic rings. The predicted octanol–water partition coefficient (Wildman–Crippen LogP) is 4.18. The molecular formula is C18H18N2O3S. The van der Waals surface area contributed by atoms with Crippen molar-refractivity contribution in [3.05, 3.63) is 47.0 Å². The number of fused-ring (bicyclic) bond motifs is 1. The minimum absolute atomic E-state index is 0.176. The van der Waals surface area contributed by atoms with Gasteiger partial charge in [-0.05, 0) is 37.6 Å². The number of methoxy groups -OCH3 is 2. The summed E-state index contributed by atoms with van der Waals surface area (Å²) in [6.07, 6.45) is 0. The number of aromatic nitrogens is 1. The van der Waals surface area contributed by atoms with Crippen LogP contribution >= 0.6 is 11.3 Å². The average molecular weight is 342 g/mol. The molecule has 1 aromatic heterocycles. The molecule has 0 saturated carbocycles. The molecule has 1 N–H and O–H groups in total. The van der Waals surface area contributed by atoms with Crippen LogP contribution in [0.2, 0.25) is 0 Å². The first-order valence-electron chi connectivity index (χ1n) is 7.43. The summed E-state index contributed by atoms with van der Waals surface area (Å²) in [6.45, 7) is 3.92. The molecule has 6 heteroatoms. The molecule has 0 fully saturated rings. The van der Waals surface area contributed by atoms with E-state index in [1.807, 2.05) is 38.1 Å². The maximum atomic E-state index is 12.5. The van der Waals surface area contributed by atoms with Gasteiger partial charge in [-0.15, -0.1) is 0 Å². The zero-order valence-electron chi connectivity index (χ0n) is 14.0. The van der Waals surface area contributed by atoms with Crippen LogP contribution in [-0.2, 0) is 0 Å². The van der Waals surface area contributed by atoms with Gasteiger partial charge in [-0.3, -0.25) is 10.1 Å². The SMILES string of the molecule is COc1ccc(OC)c2sc(NC(=O)c3ccc(C)cc3C)nc12. The normalized spacial score (nSPS) is 10.7. The molecule has 0 aliphatic carbocycles. The van der Waals surface area contributed by atoms with Crippen molar-refractivity contribution in [1.29, 1.82) is 0 Å². The van der Waals surface area contributed by atoms with Crippen molar-refractivity contribution in [2.45, 2.75) is 13.8 Å². The Morgan fingerprint density at radius 2 is 1.79 bits per heavy atom. The first kappa shape index (κ1) is 16.3. The van der Waals surface area contributed by atoms with E-state index >= 15 is 0 Å². The Hall–Kier alpha value is -2.60.